The van der Waals surface area contributed by atoms with Gasteiger partial charge in [-0.15, -0.1) is 0 Å². The largest absolute Gasteiger partial charge is 0.479 e. The number of halogens is 1. The number of fused-ring (bicyclic) bond motifs is 1. The molecule has 1 atom stereocenters. The number of pyridine rings is 1. The highest BCUT2D eigenvalue weighted by atomic mass is 19.1. The lowest BCUT2D eigenvalue weighted by molar-refractivity contribution is -0.160. The van der Waals surface area contributed by atoms with E-state index < -0.39 is 17.7 Å². The molecule has 9 heteroatoms. The zero-order valence-corrected chi connectivity index (χ0v) is 32.3. The smallest absolute Gasteiger partial charge is 0.337 e. The van der Waals surface area contributed by atoms with Gasteiger partial charge in [0.1, 0.15) is 5.82 Å². The fourth-order valence-electron chi connectivity index (χ4n) is 7.95. The first-order chi connectivity index (χ1) is 24.7. The van der Waals surface area contributed by atoms with Crippen LogP contribution in [0.25, 0.3) is 11.1 Å². The molecular formula is C43H58FN3O5. The summed E-state index contributed by atoms with van der Waals surface area (Å²) in [6.07, 6.45) is 3.65. The van der Waals surface area contributed by atoms with Gasteiger partial charge in [-0.05, 0) is 118 Å². The van der Waals surface area contributed by atoms with Gasteiger partial charge in [0.25, 0.3) is 0 Å². The number of rotatable bonds is 11. The van der Waals surface area contributed by atoms with Crippen LogP contribution in [0.5, 0.6) is 0 Å². The molecule has 0 radical (unpaired) electrons. The lowest BCUT2D eigenvalue weighted by Gasteiger charge is -2.41. The van der Waals surface area contributed by atoms with Crippen LogP contribution in [0.2, 0.25) is 0 Å². The number of ether oxygens (including phenoxy) is 3. The van der Waals surface area contributed by atoms with Crippen molar-refractivity contribution in [3.63, 3.8) is 0 Å². The van der Waals surface area contributed by atoms with Crippen LogP contribution < -0.4 is 4.90 Å². The van der Waals surface area contributed by atoms with Crippen molar-refractivity contribution in [3.8, 4) is 11.1 Å². The molecule has 1 N–H and O–H groups in total. The number of aromatic nitrogens is 1. The molecule has 3 aromatic rings. The third kappa shape index (κ3) is 9.22. The Morgan fingerprint density at radius 1 is 1.06 bits per heavy atom. The maximum Gasteiger partial charge on any atom is 0.337 e. The quantitative estimate of drug-likeness (QED) is 0.212. The number of carboxylic acid groups (broad SMARTS) is 1. The van der Waals surface area contributed by atoms with Crippen molar-refractivity contribution in [2.24, 2.45) is 11.3 Å². The van der Waals surface area contributed by atoms with Gasteiger partial charge in [-0.3, -0.25) is 9.88 Å². The van der Waals surface area contributed by atoms with Gasteiger partial charge in [0, 0.05) is 62.8 Å². The topological polar surface area (TPSA) is 84.4 Å². The van der Waals surface area contributed by atoms with Crippen LogP contribution in [0, 0.1) is 31.0 Å². The number of carboxylic acids is 1. The second kappa shape index (κ2) is 15.9. The van der Waals surface area contributed by atoms with Gasteiger partial charge in [0.2, 0.25) is 0 Å². The number of anilines is 1. The van der Waals surface area contributed by atoms with E-state index in [1.807, 2.05) is 40.7 Å². The van der Waals surface area contributed by atoms with Crippen LogP contribution in [0.4, 0.5) is 10.1 Å². The molecule has 8 nitrogen and oxygen atoms in total. The fourth-order valence-corrected chi connectivity index (χ4v) is 7.95. The van der Waals surface area contributed by atoms with E-state index in [1.165, 1.54) is 11.1 Å². The molecule has 2 saturated heterocycles. The zero-order valence-electron chi connectivity index (χ0n) is 32.3. The standard InChI is InChI=1S/C43H58FN3O5/c1-28-22-35(44)11-10-33(28)24-46-17-12-31-23-32(8-9-34(31)25-46)38-36(27-51-26-30-13-20-50-21-14-30)45-29(2)37(40(41(48)49)52-42(3,4)5)39(38)47-18-15-43(6,7)16-19-47/h8-11,22-23,30,40H,12-21,24-27H2,1-7H3,(H,48,49)/t40-/m0/s1. The number of piperidine rings is 1. The van der Waals surface area contributed by atoms with Crippen LogP contribution in [-0.4, -0.2) is 66.0 Å². The zero-order chi connectivity index (χ0) is 37.2. The predicted octanol–water partition coefficient (Wildman–Crippen LogP) is 8.57. The Bertz CT molecular complexity index is 1740. The van der Waals surface area contributed by atoms with Crippen molar-refractivity contribution in [3.05, 3.63) is 81.4 Å². The highest BCUT2D eigenvalue weighted by molar-refractivity contribution is 5.88. The van der Waals surface area contributed by atoms with E-state index in [0.717, 1.165) is 112 Å². The van der Waals surface area contributed by atoms with Crippen molar-refractivity contribution in [2.75, 3.05) is 44.4 Å². The first-order valence-electron chi connectivity index (χ1n) is 19.1. The van der Waals surface area contributed by atoms with Crippen molar-refractivity contribution in [1.82, 2.24) is 9.88 Å². The molecule has 0 aliphatic carbocycles. The number of benzene rings is 2. The molecule has 1 aromatic heterocycles. The minimum Gasteiger partial charge on any atom is -0.479 e. The van der Waals surface area contributed by atoms with Crippen LogP contribution in [0.3, 0.4) is 0 Å². The second-order valence-corrected chi connectivity index (χ2v) is 17.0. The molecule has 2 aromatic carbocycles. The Hall–Kier alpha value is -3.37. The Morgan fingerprint density at radius 2 is 1.79 bits per heavy atom. The maximum atomic E-state index is 13.8. The molecule has 0 saturated carbocycles. The van der Waals surface area contributed by atoms with E-state index in [1.54, 1.807) is 12.1 Å². The van der Waals surface area contributed by atoms with Gasteiger partial charge in [-0.25, -0.2) is 9.18 Å². The van der Waals surface area contributed by atoms with Gasteiger partial charge in [0.05, 0.1) is 30.2 Å². The second-order valence-electron chi connectivity index (χ2n) is 17.0. The average molecular weight is 716 g/mol. The van der Waals surface area contributed by atoms with E-state index in [0.29, 0.717) is 30.4 Å². The number of hydrogen-bond acceptors (Lipinski definition) is 7. The minimum absolute atomic E-state index is 0.201. The molecule has 0 spiro atoms. The normalized spacial score (nSPS) is 19.0. The summed E-state index contributed by atoms with van der Waals surface area (Å²) >= 11 is 0. The summed E-state index contributed by atoms with van der Waals surface area (Å²) in [6.45, 7) is 20.8. The molecule has 4 heterocycles. The highest BCUT2D eigenvalue weighted by Crippen LogP contribution is 2.46. The van der Waals surface area contributed by atoms with E-state index in [-0.39, 0.29) is 11.2 Å². The first kappa shape index (κ1) is 38.4. The molecule has 6 rings (SSSR count). The van der Waals surface area contributed by atoms with Crippen molar-refractivity contribution in [1.29, 1.82) is 0 Å². The summed E-state index contributed by atoms with van der Waals surface area (Å²) in [4.78, 5) is 23.1. The third-order valence-electron chi connectivity index (χ3n) is 11.1. The first-order valence-corrected chi connectivity index (χ1v) is 19.1. The predicted molar refractivity (Wildman–Crippen MR) is 203 cm³/mol. The van der Waals surface area contributed by atoms with Gasteiger partial charge >= 0.3 is 5.97 Å². The average Bonchev–Trinajstić information content (AvgIpc) is 3.08. The lowest BCUT2D eigenvalue weighted by atomic mass is 9.81. The van der Waals surface area contributed by atoms with Crippen LogP contribution in [0.1, 0.15) is 106 Å². The Labute approximate surface area is 309 Å². The molecule has 3 aliphatic heterocycles. The molecule has 0 unspecified atom stereocenters. The number of nitrogens with zero attached hydrogens (tertiary/aromatic N) is 3. The van der Waals surface area contributed by atoms with Crippen LogP contribution in [-0.2, 0) is 45.1 Å². The summed E-state index contributed by atoms with van der Waals surface area (Å²) in [6, 6.07) is 11.8. The molecule has 0 amide bonds. The Balaban J connectivity index is 1.43. The summed E-state index contributed by atoms with van der Waals surface area (Å²) in [5.41, 5.74) is 9.19. The van der Waals surface area contributed by atoms with Gasteiger partial charge < -0.3 is 24.2 Å². The number of hydrogen-bond donors (Lipinski definition) is 1. The van der Waals surface area contributed by atoms with Gasteiger partial charge in [-0.2, -0.15) is 0 Å². The van der Waals surface area contributed by atoms with E-state index in [9.17, 15) is 14.3 Å². The molecule has 3 aliphatic rings. The monoisotopic (exact) mass is 715 g/mol. The van der Waals surface area contributed by atoms with Crippen LogP contribution >= 0.6 is 0 Å². The summed E-state index contributed by atoms with van der Waals surface area (Å²) in [5.74, 6) is -0.773. The SMILES string of the molecule is Cc1cc(F)ccc1CN1CCc2cc(-c3c(COCC4CCOCC4)nc(C)c([C@H](OC(C)(C)C)C(=O)O)c3N3CCC(C)(C)CC3)ccc2C1. The highest BCUT2D eigenvalue weighted by Gasteiger charge is 2.37. The lowest BCUT2D eigenvalue weighted by Crippen LogP contribution is -2.39. The minimum atomic E-state index is -1.19. The summed E-state index contributed by atoms with van der Waals surface area (Å²) < 4.78 is 32.2. The molecule has 0 bridgehead atoms. The number of carbonyl (C=O) groups is 1. The summed E-state index contributed by atoms with van der Waals surface area (Å²) in [5, 5.41) is 10.7. The maximum absolute atomic E-state index is 13.8. The Kier molecular flexibility index (Phi) is 11.8. The molecule has 2 fully saturated rings. The molecule has 52 heavy (non-hydrogen) atoms. The molecular weight excluding hydrogens is 657 g/mol. The van der Waals surface area contributed by atoms with Crippen molar-refractivity contribution in [2.45, 2.75) is 112 Å². The van der Waals surface area contributed by atoms with Gasteiger partial charge in [0.15, 0.2) is 6.10 Å². The number of aliphatic carboxylic acids is 1. The van der Waals surface area contributed by atoms with E-state index in [2.05, 4.69) is 41.8 Å². The van der Waals surface area contributed by atoms with Crippen molar-refractivity contribution < 1.29 is 28.5 Å². The van der Waals surface area contributed by atoms with Crippen molar-refractivity contribution >= 4 is 11.7 Å². The van der Waals surface area contributed by atoms with E-state index >= 15 is 0 Å². The molecule has 282 valence electrons. The van der Waals surface area contributed by atoms with Crippen LogP contribution in [0.15, 0.2) is 36.4 Å². The van der Waals surface area contributed by atoms with E-state index in [4.69, 9.17) is 19.2 Å². The third-order valence-corrected chi connectivity index (χ3v) is 11.1. The Morgan fingerprint density at radius 3 is 2.46 bits per heavy atom. The summed E-state index contributed by atoms with van der Waals surface area (Å²) in [7, 11) is 0. The number of aryl methyl sites for hydroxylation is 2. The fraction of sp³-hybridized carbons (Fsp3) is 0.581. The van der Waals surface area contributed by atoms with Gasteiger partial charge in [-0.1, -0.05) is 38.1 Å².